The van der Waals surface area contributed by atoms with Crippen molar-refractivity contribution in [2.24, 2.45) is 0 Å². The van der Waals surface area contributed by atoms with Gasteiger partial charge in [0, 0.05) is 0 Å². The molecule has 72 valence electrons. The first-order valence-electron chi connectivity index (χ1n) is 3.57. The van der Waals surface area contributed by atoms with Crippen molar-refractivity contribution in [2.75, 3.05) is 18.1 Å². The first-order valence-corrected chi connectivity index (χ1v) is 3.57. The molecule has 0 radical (unpaired) electrons. The molecule has 0 unspecified atom stereocenters. The van der Waals surface area contributed by atoms with Crippen LogP contribution in [0.25, 0.3) is 0 Å². The Morgan fingerprint density at radius 1 is 1.38 bits per heavy atom. The molecule has 13 heavy (non-hydrogen) atoms. The van der Waals surface area contributed by atoms with Gasteiger partial charge in [0.1, 0.15) is 11.5 Å². The van der Waals surface area contributed by atoms with Crippen LogP contribution in [-0.2, 0) is 6.54 Å². The van der Waals surface area contributed by atoms with Crippen LogP contribution in [0.3, 0.4) is 0 Å². The zero-order valence-corrected chi connectivity index (χ0v) is 6.78. The third kappa shape index (κ3) is 1.54. The van der Waals surface area contributed by atoms with Crippen molar-refractivity contribution in [1.82, 2.24) is 9.55 Å². The maximum Gasteiger partial charge on any atom is 0.330 e. The molecule has 0 spiro atoms. The van der Waals surface area contributed by atoms with Crippen LogP contribution in [0, 0.1) is 0 Å². The molecule has 0 amide bonds. The van der Waals surface area contributed by atoms with Crippen molar-refractivity contribution in [2.45, 2.75) is 6.54 Å². The van der Waals surface area contributed by atoms with E-state index in [9.17, 15) is 9.59 Å². The van der Waals surface area contributed by atoms with Gasteiger partial charge < -0.3 is 16.6 Å². The number of aliphatic hydroxyl groups excluding tert-OH is 1. The Hall–Kier alpha value is -1.76. The number of aromatic amines is 1. The van der Waals surface area contributed by atoms with Gasteiger partial charge in [-0.2, -0.15) is 0 Å². The lowest BCUT2D eigenvalue weighted by molar-refractivity contribution is 0.274. The van der Waals surface area contributed by atoms with Crippen LogP contribution < -0.4 is 22.7 Å². The van der Waals surface area contributed by atoms with E-state index in [1.165, 1.54) is 0 Å². The average molecular weight is 186 g/mol. The number of hydrogen-bond acceptors (Lipinski definition) is 5. The molecule has 0 bridgehead atoms. The molecule has 7 heteroatoms. The van der Waals surface area contributed by atoms with Crippen LogP contribution in [0.2, 0.25) is 0 Å². The molecule has 0 aliphatic heterocycles. The zero-order valence-electron chi connectivity index (χ0n) is 6.78. The summed E-state index contributed by atoms with van der Waals surface area (Å²) in [6.07, 6.45) is 0. The molecular formula is C6H10N4O3. The molecule has 0 aliphatic carbocycles. The van der Waals surface area contributed by atoms with E-state index in [4.69, 9.17) is 16.6 Å². The van der Waals surface area contributed by atoms with E-state index in [-0.39, 0.29) is 24.7 Å². The van der Waals surface area contributed by atoms with Crippen LogP contribution >= 0.6 is 0 Å². The Kier molecular flexibility index (Phi) is 2.38. The highest BCUT2D eigenvalue weighted by molar-refractivity contribution is 5.56. The number of nitrogens with one attached hydrogen (secondary N) is 1. The molecule has 1 rings (SSSR count). The molecule has 7 nitrogen and oxygen atoms in total. The van der Waals surface area contributed by atoms with Gasteiger partial charge in [-0.25, -0.2) is 4.79 Å². The SMILES string of the molecule is Nc1c(N)n(CCO)c(=O)[nH]c1=O. The minimum absolute atomic E-state index is 0.00560. The molecule has 6 N–H and O–H groups in total. The van der Waals surface area contributed by atoms with Gasteiger partial charge in [-0.05, 0) is 0 Å². The van der Waals surface area contributed by atoms with Gasteiger partial charge in [0.15, 0.2) is 0 Å². The van der Waals surface area contributed by atoms with E-state index in [2.05, 4.69) is 0 Å². The summed E-state index contributed by atoms with van der Waals surface area (Å²) in [5, 5.41) is 8.58. The van der Waals surface area contributed by atoms with Gasteiger partial charge in [-0.1, -0.05) is 0 Å². The van der Waals surface area contributed by atoms with Crippen LogP contribution in [-0.4, -0.2) is 21.3 Å². The summed E-state index contributed by atoms with van der Waals surface area (Å²) < 4.78 is 0.997. The molecule has 0 aliphatic rings. The third-order valence-corrected chi connectivity index (χ3v) is 1.60. The maximum atomic E-state index is 11.1. The third-order valence-electron chi connectivity index (χ3n) is 1.60. The monoisotopic (exact) mass is 186 g/mol. The highest BCUT2D eigenvalue weighted by atomic mass is 16.3. The molecule has 0 atom stereocenters. The van der Waals surface area contributed by atoms with Gasteiger partial charge in [0.05, 0.1) is 13.2 Å². The predicted molar refractivity (Wildman–Crippen MR) is 47.2 cm³/mol. The number of anilines is 2. The van der Waals surface area contributed by atoms with Crippen LogP contribution in [0.4, 0.5) is 11.5 Å². The van der Waals surface area contributed by atoms with Crippen LogP contribution in [0.5, 0.6) is 0 Å². The molecule has 0 fully saturated rings. The van der Waals surface area contributed by atoms with Crippen molar-refractivity contribution in [3.63, 3.8) is 0 Å². The Labute approximate surface area is 72.6 Å². The summed E-state index contributed by atoms with van der Waals surface area (Å²) in [6.45, 7) is -0.249. The second-order valence-electron chi connectivity index (χ2n) is 2.43. The lowest BCUT2D eigenvalue weighted by Gasteiger charge is -2.07. The Balaban J connectivity index is 3.44. The van der Waals surface area contributed by atoms with Gasteiger partial charge >= 0.3 is 5.69 Å². The lowest BCUT2D eigenvalue weighted by atomic mass is 10.4. The largest absolute Gasteiger partial charge is 0.395 e. The fourth-order valence-electron chi connectivity index (χ4n) is 0.925. The number of rotatable bonds is 2. The van der Waals surface area contributed by atoms with Gasteiger partial charge in [0.2, 0.25) is 0 Å². The normalized spacial score (nSPS) is 10.2. The number of aromatic nitrogens is 2. The second kappa shape index (κ2) is 3.31. The van der Waals surface area contributed by atoms with Crippen molar-refractivity contribution < 1.29 is 5.11 Å². The Morgan fingerprint density at radius 2 is 2.00 bits per heavy atom. The van der Waals surface area contributed by atoms with E-state index in [0.717, 1.165) is 4.57 Å². The number of nitrogen functional groups attached to an aromatic ring is 2. The first kappa shape index (κ1) is 9.33. The highest BCUT2D eigenvalue weighted by Gasteiger charge is 2.07. The molecule has 1 aromatic rings. The second-order valence-corrected chi connectivity index (χ2v) is 2.43. The number of nitrogens with zero attached hydrogens (tertiary/aromatic N) is 1. The molecule has 0 aromatic carbocycles. The number of aliphatic hydroxyl groups is 1. The van der Waals surface area contributed by atoms with Gasteiger partial charge in [-0.15, -0.1) is 0 Å². The van der Waals surface area contributed by atoms with E-state index in [0.29, 0.717) is 0 Å². The summed E-state index contributed by atoms with van der Waals surface area (Å²) in [5.74, 6) is -0.122. The standard InChI is InChI=1S/C6H10N4O3/c7-3-4(8)10(1-2-11)6(13)9-5(3)12/h11H,1-2,7-8H2,(H,9,12,13). The molecule has 1 aromatic heterocycles. The van der Waals surface area contributed by atoms with Gasteiger partial charge in [-0.3, -0.25) is 14.3 Å². The van der Waals surface area contributed by atoms with E-state index in [1.807, 2.05) is 4.98 Å². The number of hydrogen-bond donors (Lipinski definition) is 4. The topological polar surface area (TPSA) is 127 Å². The molecule has 1 heterocycles. The van der Waals surface area contributed by atoms with Crippen molar-refractivity contribution in [3.8, 4) is 0 Å². The first-order chi connectivity index (χ1) is 6.07. The lowest BCUT2D eigenvalue weighted by Crippen LogP contribution is -2.34. The zero-order chi connectivity index (χ0) is 10.0. The van der Waals surface area contributed by atoms with Crippen LogP contribution in [0.1, 0.15) is 0 Å². The van der Waals surface area contributed by atoms with E-state index in [1.54, 1.807) is 0 Å². The summed E-state index contributed by atoms with van der Waals surface area (Å²) in [4.78, 5) is 23.9. The number of H-pyrrole nitrogens is 1. The Morgan fingerprint density at radius 3 is 2.54 bits per heavy atom. The molecular weight excluding hydrogens is 176 g/mol. The molecule has 0 saturated carbocycles. The minimum Gasteiger partial charge on any atom is -0.395 e. The average Bonchev–Trinajstić information content (AvgIpc) is 2.09. The fourth-order valence-corrected chi connectivity index (χ4v) is 0.925. The quantitative estimate of drug-likeness (QED) is 0.412. The number of nitrogens with two attached hydrogens (primary N) is 2. The van der Waals surface area contributed by atoms with Crippen molar-refractivity contribution in [1.29, 1.82) is 0 Å². The smallest absolute Gasteiger partial charge is 0.330 e. The van der Waals surface area contributed by atoms with Crippen molar-refractivity contribution >= 4 is 11.5 Å². The summed E-state index contributed by atoms with van der Waals surface area (Å²) in [5.41, 5.74) is 9.05. The summed E-state index contributed by atoms with van der Waals surface area (Å²) in [7, 11) is 0. The van der Waals surface area contributed by atoms with Crippen molar-refractivity contribution in [3.05, 3.63) is 20.8 Å². The highest BCUT2D eigenvalue weighted by Crippen LogP contribution is 2.03. The molecule has 0 saturated heterocycles. The maximum absolute atomic E-state index is 11.1. The summed E-state index contributed by atoms with van der Waals surface area (Å²) >= 11 is 0. The summed E-state index contributed by atoms with van der Waals surface area (Å²) in [6, 6.07) is 0. The van der Waals surface area contributed by atoms with E-state index < -0.39 is 11.2 Å². The minimum atomic E-state index is -0.711. The van der Waals surface area contributed by atoms with E-state index >= 15 is 0 Å². The predicted octanol–water partition coefficient (Wildman–Crippen LogP) is -2.31. The van der Waals surface area contributed by atoms with Crippen LogP contribution in [0.15, 0.2) is 9.59 Å². The Bertz CT molecular complexity index is 419. The fraction of sp³-hybridized carbons (Fsp3) is 0.333. The van der Waals surface area contributed by atoms with Gasteiger partial charge in [0.25, 0.3) is 5.56 Å².